The standard InChI is InChI=1S/C23H20N2O3S/c1-27-19-12-16-8-9-25(23(26)17-6-3-5-15(11-17)14-24)22(21-7-4-10-29-21)18(16)13-20(19)28-2/h3-7,10-13,22H,8-9H2,1-2H3. The first-order valence-electron chi connectivity index (χ1n) is 9.25. The highest BCUT2D eigenvalue weighted by molar-refractivity contribution is 7.10. The van der Waals surface area contributed by atoms with E-state index in [4.69, 9.17) is 9.47 Å². The lowest BCUT2D eigenvalue weighted by atomic mass is 9.90. The van der Waals surface area contributed by atoms with E-state index in [1.807, 2.05) is 34.5 Å². The molecule has 1 aliphatic heterocycles. The molecule has 0 fully saturated rings. The van der Waals surface area contributed by atoms with Gasteiger partial charge in [0.1, 0.15) is 0 Å². The molecule has 1 aliphatic rings. The molecule has 0 N–H and O–H groups in total. The van der Waals surface area contributed by atoms with Crippen LogP contribution in [0.5, 0.6) is 11.5 Å². The Hall–Kier alpha value is -3.30. The minimum absolute atomic E-state index is 0.0825. The lowest BCUT2D eigenvalue weighted by Gasteiger charge is -2.37. The monoisotopic (exact) mass is 404 g/mol. The fourth-order valence-corrected chi connectivity index (χ4v) is 4.66. The third-order valence-corrected chi connectivity index (χ3v) is 6.11. The fraction of sp³-hybridized carbons (Fsp3) is 0.217. The lowest BCUT2D eigenvalue weighted by Crippen LogP contribution is -2.40. The molecule has 1 amide bonds. The predicted molar refractivity (Wildman–Crippen MR) is 112 cm³/mol. The van der Waals surface area contributed by atoms with Gasteiger partial charge in [-0.2, -0.15) is 5.26 Å². The summed E-state index contributed by atoms with van der Waals surface area (Å²) in [4.78, 5) is 16.4. The molecule has 0 saturated heterocycles. The Morgan fingerprint density at radius 1 is 1.14 bits per heavy atom. The van der Waals surface area contributed by atoms with E-state index in [0.717, 1.165) is 22.4 Å². The Morgan fingerprint density at radius 2 is 1.93 bits per heavy atom. The van der Waals surface area contributed by atoms with Crippen LogP contribution in [-0.2, 0) is 6.42 Å². The number of amides is 1. The summed E-state index contributed by atoms with van der Waals surface area (Å²) in [7, 11) is 3.24. The molecule has 5 nitrogen and oxygen atoms in total. The average molecular weight is 404 g/mol. The molecule has 2 aromatic carbocycles. The van der Waals surface area contributed by atoms with Crippen molar-refractivity contribution in [3.05, 3.63) is 81.0 Å². The number of rotatable bonds is 4. The van der Waals surface area contributed by atoms with Crippen molar-refractivity contribution in [1.82, 2.24) is 4.90 Å². The van der Waals surface area contributed by atoms with Gasteiger partial charge in [0.25, 0.3) is 5.91 Å². The molecule has 146 valence electrons. The number of carbonyl (C=O) groups excluding carboxylic acids is 1. The van der Waals surface area contributed by atoms with Gasteiger partial charge in [0, 0.05) is 17.0 Å². The summed E-state index contributed by atoms with van der Waals surface area (Å²) in [5, 5.41) is 11.2. The van der Waals surface area contributed by atoms with E-state index in [2.05, 4.69) is 6.07 Å². The van der Waals surface area contributed by atoms with Gasteiger partial charge in [0.05, 0.1) is 31.9 Å². The van der Waals surface area contributed by atoms with Crippen molar-refractivity contribution in [2.75, 3.05) is 20.8 Å². The Labute approximate surface area is 173 Å². The number of methoxy groups -OCH3 is 2. The van der Waals surface area contributed by atoms with Gasteiger partial charge in [-0.05, 0) is 59.3 Å². The van der Waals surface area contributed by atoms with Crippen LogP contribution in [0.15, 0.2) is 53.9 Å². The molecule has 2 heterocycles. The molecular weight excluding hydrogens is 384 g/mol. The number of ether oxygens (including phenoxy) is 2. The van der Waals surface area contributed by atoms with Gasteiger partial charge >= 0.3 is 0 Å². The van der Waals surface area contributed by atoms with E-state index in [-0.39, 0.29) is 11.9 Å². The van der Waals surface area contributed by atoms with Crippen molar-refractivity contribution in [1.29, 1.82) is 5.26 Å². The minimum atomic E-state index is -0.211. The second-order valence-electron chi connectivity index (χ2n) is 6.77. The molecular formula is C23H20N2O3S. The first kappa shape index (κ1) is 19.0. The van der Waals surface area contributed by atoms with E-state index in [9.17, 15) is 10.1 Å². The third-order valence-electron chi connectivity index (χ3n) is 5.19. The molecule has 3 aromatic rings. The summed E-state index contributed by atoms with van der Waals surface area (Å²) in [6, 6.07) is 16.8. The van der Waals surface area contributed by atoms with Gasteiger partial charge < -0.3 is 14.4 Å². The smallest absolute Gasteiger partial charge is 0.254 e. The number of carbonyl (C=O) groups is 1. The molecule has 0 saturated carbocycles. The number of nitriles is 1. The van der Waals surface area contributed by atoms with Gasteiger partial charge in [-0.3, -0.25) is 4.79 Å². The van der Waals surface area contributed by atoms with Crippen LogP contribution in [0, 0.1) is 11.3 Å². The number of nitrogens with zero attached hydrogens (tertiary/aromatic N) is 2. The van der Waals surface area contributed by atoms with Gasteiger partial charge in [-0.15, -0.1) is 11.3 Å². The van der Waals surface area contributed by atoms with Gasteiger partial charge in [0.2, 0.25) is 0 Å². The largest absolute Gasteiger partial charge is 0.493 e. The number of hydrogen-bond donors (Lipinski definition) is 0. The van der Waals surface area contributed by atoms with Crippen LogP contribution in [0.3, 0.4) is 0 Å². The average Bonchev–Trinajstić information content (AvgIpc) is 3.31. The Morgan fingerprint density at radius 3 is 2.62 bits per heavy atom. The molecule has 1 aromatic heterocycles. The normalized spacial score (nSPS) is 15.3. The molecule has 0 spiro atoms. The zero-order valence-corrected chi connectivity index (χ0v) is 17.0. The van der Waals surface area contributed by atoms with Crippen LogP contribution < -0.4 is 9.47 Å². The summed E-state index contributed by atoms with van der Waals surface area (Å²) in [6.07, 6.45) is 0.723. The van der Waals surface area contributed by atoms with Crippen LogP contribution in [0.2, 0.25) is 0 Å². The number of hydrogen-bond acceptors (Lipinski definition) is 5. The zero-order chi connectivity index (χ0) is 20.4. The minimum Gasteiger partial charge on any atom is -0.493 e. The van der Waals surface area contributed by atoms with Gasteiger partial charge in [-0.25, -0.2) is 0 Å². The van der Waals surface area contributed by atoms with Crippen molar-refractivity contribution in [2.45, 2.75) is 12.5 Å². The van der Waals surface area contributed by atoms with E-state index in [0.29, 0.717) is 29.2 Å². The first-order chi connectivity index (χ1) is 14.2. The van der Waals surface area contributed by atoms with E-state index >= 15 is 0 Å². The molecule has 4 rings (SSSR count). The number of benzene rings is 2. The Bertz CT molecular complexity index is 1090. The second kappa shape index (κ2) is 7.98. The highest BCUT2D eigenvalue weighted by atomic mass is 32.1. The Kier molecular flexibility index (Phi) is 5.24. The molecule has 0 bridgehead atoms. The van der Waals surface area contributed by atoms with Crippen molar-refractivity contribution >= 4 is 17.2 Å². The highest BCUT2D eigenvalue weighted by Crippen LogP contribution is 2.42. The van der Waals surface area contributed by atoms with Crippen LogP contribution in [-0.4, -0.2) is 31.6 Å². The van der Waals surface area contributed by atoms with E-state index < -0.39 is 0 Å². The third kappa shape index (κ3) is 3.45. The van der Waals surface area contributed by atoms with E-state index in [1.54, 1.807) is 49.8 Å². The number of thiophene rings is 1. The Balaban J connectivity index is 1.82. The van der Waals surface area contributed by atoms with Crippen molar-refractivity contribution < 1.29 is 14.3 Å². The summed E-state index contributed by atoms with van der Waals surface area (Å²) < 4.78 is 11.0. The molecule has 0 aliphatic carbocycles. The molecule has 1 atom stereocenters. The summed E-state index contributed by atoms with van der Waals surface area (Å²) >= 11 is 1.62. The topological polar surface area (TPSA) is 62.6 Å². The summed E-state index contributed by atoms with van der Waals surface area (Å²) in [6.45, 7) is 0.584. The van der Waals surface area contributed by atoms with Crippen LogP contribution in [0.4, 0.5) is 0 Å². The van der Waals surface area contributed by atoms with E-state index in [1.165, 1.54) is 0 Å². The predicted octanol–water partition coefficient (Wildman–Crippen LogP) is 4.42. The van der Waals surface area contributed by atoms with Gasteiger partial charge in [-0.1, -0.05) is 12.1 Å². The maximum atomic E-state index is 13.4. The van der Waals surface area contributed by atoms with Crippen LogP contribution >= 0.6 is 11.3 Å². The highest BCUT2D eigenvalue weighted by Gasteiger charge is 2.34. The molecule has 1 unspecified atom stereocenters. The quantitative estimate of drug-likeness (QED) is 0.646. The van der Waals surface area contributed by atoms with Crippen molar-refractivity contribution in [3.63, 3.8) is 0 Å². The summed E-state index contributed by atoms with van der Waals surface area (Å²) in [5.74, 6) is 1.26. The number of fused-ring (bicyclic) bond motifs is 1. The van der Waals surface area contributed by atoms with Crippen molar-refractivity contribution in [2.24, 2.45) is 0 Å². The zero-order valence-electron chi connectivity index (χ0n) is 16.2. The van der Waals surface area contributed by atoms with Crippen LogP contribution in [0.25, 0.3) is 0 Å². The lowest BCUT2D eigenvalue weighted by molar-refractivity contribution is 0.0697. The maximum absolute atomic E-state index is 13.4. The maximum Gasteiger partial charge on any atom is 0.254 e. The summed E-state index contributed by atoms with van der Waals surface area (Å²) in [5.41, 5.74) is 3.19. The van der Waals surface area contributed by atoms with Gasteiger partial charge in [0.15, 0.2) is 11.5 Å². The van der Waals surface area contributed by atoms with Crippen molar-refractivity contribution in [3.8, 4) is 17.6 Å². The molecule has 0 radical (unpaired) electrons. The first-order valence-corrected chi connectivity index (χ1v) is 10.1. The molecule has 6 heteroatoms. The van der Waals surface area contributed by atoms with Crippen LogP contribution in [0.1, 0.15) is 38.0 Å². The fourth-order valence-electron chi connectivity index (χ4n) is 3.81. The SMILES string of the molecule is COc1cc2c(cc1OC)C(c1cccs1)N(C(=O)c1cccc(C#N)c1)CC2. The second-order valence-corrected chi connectivity index (χ2v) is 7.74. The molecule has 29 heavy (non-hydrogen) atoms.